The molecule has 1 rings (SSSR count). The van der Waals surface area contributed by atoms with Crippen LogP contribution in [-0.2, 0) is 6.42 Å². The van der Waals surface area contributed by atoms with E-state index in [9.17, 15) is 0 Å². The minimum Gasteiger partial charge on any atom is -0.379 e. The van der Waals surface area contributed by atoms with Crippen LogP contribution in [0.3, 0.4) is 0 Å². The van der Waals surface area contributed by atoms with Gasteiger partial charge in [0.05, 0.1) is 0 Å². The summed E-state index contributed by atoms with van der Waals surface area (Å²) < 4.78 is 0. The summed E-state index contributed by atoms with van der Waals surface area (Å²) >= 11 is 1.40. The standard InChI is InChI=1S/C8H14N4S/c9-8(10)13-6-2-1-3-7-11-4-5-12-7/h4-5H,1-3,6H2,(H3,9,10)(H,11,12). The highest BCUT2D eigenvalue weighted by molar-refractivity contribution is 8.13. The Morgan fingerprint density at radius 3 is 3.08 bits per heavy atom. The number of nitrogens with two attached hydrogens (primary N) is 1. The molecule has 1 heterocycles. The van der Waals surface area contributed by atoms with Gasteiger partial charge in [0.1, 0.15) is 5.82 Å². The SMILES string of the molecule is N=C(N)SCCCCc1ncc[nH]1. The number of aromatic amines is 1. The van der Waals surface area contributed by atoms with Crippen LogP contribution >= 0.6 is 11.8 Å². The van der Waals surface area contributed by atoms with Crippen LogP contribution < -0.4 is 5.73 Å². The van der Waals surface area contributed by atoms with E-state index < -0.39 is 0 Å². The maximum absolute atomic E-state index is 6.99. The highest BCUT2D eigenvalue weighted by Gasteiger charge is 1.95. The Bertz CT molecular complexity index is 245. The molecule has 13 heavy (non-hydrogen) atoms. The van der Waals surface area contributed by atoms with Crippen molar-refractivity contribution in [2.45, 2.75) is 19.3 Å². The second-order valence-electron chi connectivity index (χ2n) is 2.71. The molecule has 0 saturated heterocycles. The summed E-state index contributed by atoms with van der Waals surface area (Å²) in [5.41, 5.74) is 5.20. The number of amidine groups is 1. The van der Waals surface area contributed by atoms with Gasteiger partial charge in [-0.15, -0.1) is 0 Å². The van der Waals surface area contributed by atoms with E-state index >= 15 is 0 Å². The van der Waals surface area contributed by atoms with Crippen LogP contribution in [0.15, 0.2) is 12.4 Å². The molecule has 4 N–H and O–H groups in total. The third-order valence-electron chi connectivity index (χ3n) is 1.62. The number of hydrogen-bond donors (Lipinski definition) is 3. The average Bonchev–Trinajstić information content (AvgIpc) is 2.55. The number of rotatable bonds is 5. The van der Waals surface area contributed by atoms with Crippen LogP contribution in [0.1, 0.15) is 18.7 Å². The Kier molecular flexibility index (Phi) is 4.39. The van der Waals surface area contributed by atoms with Crippen LogP contribution in [0.25, 0.3) is 0 Å². The van der Waals surface area contributed by atoms with Gasteiger partial charge in [0, 0.05) is 24.6 Å². The number of aromatic nitrogens is 2. The molecular formula is C8H14N4S. The van der Waals surface area contributed by atoms with Crippen LogP contribution in [0.5, 0.6) is 0 Å². The topological polar surface area (TPSA) is 78.6 Å². The number of H-pyrrole nitrogens is 1. The molecule has 0 saturated carbocycles. The Balaban J connectivity index is 1.99. The van der Waals surface area contributed by atoms with E-state index in [-0.39, 0.29) is 5.17 Å². The Labute approximate surface area is 81.8 Å². The van der Waals surface area contributed by atoms with Gasteiger partial charge in [0.25, 0.3) is 0 Å². The highest BCUT2D eigenvalue weighted by Crippen LogP contribution is 2.05. The van der Waals surface area contributed by atoms with Crippen molar-refractivity contribution < 1.29 is 0 Å². The van der Waals surface area contributed by atoms with E-state index in [2.05, 4.69) is 9.97 Å². The molecule has 0 spiro atoms. The third kappa shape index (κ3) is 4.57. The van der Waals surface area contributed by atoms with Crippen molar-refractivity contribution in [3.05, 3.63) is 18.2 Å². The first kappa shape index (κ1) is 10.1. The van der Waals surface area contributed by atoms with Crippen LogP contribution in [0.4, 0.5) is 0 Å². The van der Waals surface area contributed by atoms with Crippen LogP contribution in [0, 0.1) is 5.41 Å². The highest BCUT2D eigenvalue weighted by atomic mass is 32.2. The molecule has 0 fully saturated rings. The first-order valence-electron chi connectivity index (χ1n) is 4.24. The molecule has 0 unspecified atom stereocenters. The van der Waals surface area contributed by atoms with Crippen molar-refractivity contribution in [2.75, 3.05) is 5.75 Å². The molecule has 5 heteroatoms. The van der Waals surface area contributed by atoms with E-state index in [1.807, 2.05) is 6.20 Å². The predicted molar refractivity (Wildman–Crippen MR) is 55.9 cm³/mol. The molecule has 0 bridgehead atoms. The van der Waals surface area contributed by atoms with E-state index in [4.69, 9.17) is 11.1 Å². The van der Waals surface area contributed by atoms with Crippen molar-refractivity contribution >= 4 is 16.9 Å². The molecule has 0 atom stereocenters. The Morgan fingerprint density at radius 2 is 2.46 bits per heavy atom. The molecule has 0 aromatic carbocycles. The van der Waals surface area contributed by atoms with Gasteiger partial charge < -0.3 is 10.7 Å². The minimum atomic E-state index is 0.206. The normalized spacial score (nSPS) is 10.2. The van der Waals surface area contributed by atoms with Crippen LogP contribution in [0.2, 0.25) is 0 Å². The minimum absolute atomic E-state index is 0.206. The molecule has 0 radical (unpaired) electrons. The summed E-state index contributed by atoms with van der Waals surface area (Å²) in [7, 11) is 0. The first-order valence-corrected chi connectivity index (χ1v) is 5.22. The number of unbranched alkanes of at least 4 members (excludes halogenated alkanes) is 1. The third-order valence-corrected chi connectivity index (χ3v) is 2.42. The van der Waals surface area contributed by atoms with Gasteiger partial charge in [-0.05, 0) is 12.8 Å². The quantitative estimate of drug-likeness (QED) is 0.380. The fourth-order valence-corrected chi connectivity index (χ4v) is 1.58. The lowest BCUT2D eigenvalue weighted by Gasteiger charge is -1.98. The molecule has 0 aliphatic carbocycles. The number of hydrogen-bond acceptors (Lipinski definition) is 3. The fraction of sp³-hybridized carbons (Fsp3) is 0.500. The Hall–Kier alpha value is -0.970. The van der Waals surface area contributed by atoms with Crippen molar-refractivity contribution in [1.29, 1.82) is 5.41 Å². The van der Waals surface area contributed by atoms with Crippen molar-refractivity contribution in [1.82, 2.24) is 9.97 Å². The maximum Gasteiger partial charge on any atom is 0.151 e. The maximum atomic E-state index is 6.99. The molecule has 0 aliphatic rings. The smallest absolute Gasteiger partial charge is 0.151 e. The van der Waals surface area contributed by atoms with E-state index in [0.29, 0.717) is 0 Å². The fourth-order valence-electron chi connectivity index (χ4n) is 1.01. The zero-order chi connectivity index (χ0) is 9.52. The van der Waals surface area contributed by atoms with Gasteiger partial charge in [-0.1, -0.05) is 11.8 Å². The van der Waals surface area contributed by atoms with E-state index in [0.717, 1.165) is 30.8 Å². The van der Waals surface area contributed by atoms with Crippen LogP contribution in [-0.4, -0.2) is 20.9 Å². The number of thioether (sulfide) groups is 1. The van der Waals surface area contributed by atoms with Crippen molar-refractivity contribution in [3.8, 4) is 0 Å². The molecule has 1 aromatic heterocycles. The van der Waals surface area contributed by atoms with Gasteiger partial charge in [-0.3, -0.25) is 5.41 Å². The average molecular weight is 198 g/mol. The van der Waals surface area contributed by atoms with E-state index in [1.165, 1.54) is 11.8 Å². The lowest BCUT2D eigenvalue weighted by Crippen LogP contribution is -2.04. The first-order chi connectivity index (χ1) is 6.29. The second-order valence-corrected chi connectivity index (χ2v) is 3.84. The summed E-state index contributed by atoms with van der Waals surface area (Å²) in [6, 6.07) is 0. The molecular weight excluding hydrogens is 184 g/mol. The van der Waals surface area contributed by atoms with Gasteiger partial charge in [-0.25, -0.2) is 4.98 Å². The number of nitrogens with one attached hydrogen (secondary N) is 2. The monoisotopic (exact) mass is 198 g/mol. The van der Waals surface area contributed by atoms with Gasteiger partial charge in [-0.2, -0.15) is 0 Å². The number of nitrogens with zero attached hydrogens (tertiary/aromatic N) is 1. The molecule has 72 valence electrons. The molecule has 0 amide bonds. The van der Waals surface area contributed by atoms with E-state index in [1.54, 1.807) is 6.20 Å². The Morgan fingerprint density at radius 1 is 1.62 bits per heavy atom. The predicted octanol–water partition coefficient (Wildman–Crippen LogP) is 1.36. The molecule has 0 aliphatic heterocycles. The van der Waals surface area contributed by atoms with Gasteiger partial charge in [0.15, 0.2) is 5.17 Å². The largest absolute Gasteiger partial charge is 0.379 e. The summed E-state index contributed by atoms with van der Waals surface area (Å²) in [4.78, 5) is 7.17. The van der Waals surface area contributed by atoms with Gasteiger partial charge >= 0.3 is 0 Å². The zero-order valence-electron chi connectivity index (χ0n) is 7.42. The number of imidazole rings is 1. The molecule has 4 nitrogen and oxygen atoms in total. The lowest BCUT2D eigenvalue weighted by atomic mass is 10.2. The molecule has 1 aromatic rings. The second kappa shape index (κ2) is 5.64. The summed E-state index contributed by atoms with van der Waals surface area (Å²) in [5.74, 6) is 1.96. The zero-order valence-corrected chi connectivity index (χ0v) is 8.23. The summed E-state index contributed by atoms with van der Waals surface area (Å²) in [5, 5.41) is 7.20. The van der Waals surface area contributed by atoms with Gasteiger partial charge in [0.2, 0.25) is 0 Å². The summed E-state index contributed by atoms with van der Waals surface area (Å²) in [6.07, 6.45) is 6.74. The lowest BCUT2D eigenvalue weighted by molar-refractivity contribution is 0.769. The van der Waals surface area contributed by atoms with Crippen molar-refractivity contribution in [3.63, 3.8) is 0 Å². The van der Waals surface area contributed by atoms with Crippen molar-refractivity contribution in [2.24, 2.45) is 5.73 Å². The summed E-state index contributed by atoms with van der Waals surface area (Å²) in [6.45, 7) is 0. The number of aryl methyl sites for hydroxylation is 1.